The van der Waals surface area contributed by atoms with Gasteiger partial charge in [-0.3, -0.25) is 9.58 Å². The van der Waals surface area contributed by atoms with Crippen molar-refractivity contribution < 1.29 is 4.74 Å². The van der Waals surface area contributed by atoms with E-state index in [0.717, 1.165) is 48.2 Å². The first-order valence-corrected chi connectivity index (χ1v) is 10.2. The molecule has 6 nitrogen and oxygen atoms in total. The van der Waals surface area contributed by atoms with Crippen molar-refractivity contribution in [1.29, 1.82) is 0 Å². The second-order valence-corrected chi connectivity index (χ2v) is 7.42. The quantitative estimate of drug-likeness (QED) is 0.428. The smallest absolute Gasteiger partial charge is 0.127 e. The zero-order valence-corrected chi connectivity index (χ0v) is 17.7. The molecular formula is C24H27N5O. The van der Waals surface area contributed by atoms with Gasteiger partial charge in [-0.05, 0) is 50.4 Å². The summed E-state index contributed by atoms with van der Waals surface area (Å²) in [6, 6.07) is 17.9. The molecule has 0 spiro atoms. The number of hydrogen-bond donors (Lipinski definition) is 0. The van der Waals surface area contributed by atoms with Crippen molar-refractivity contribution in [3.05, 3.63) is 84.6 Å². The predicted octanol–water partition coefficient (Wildman–Crippen LogP) is 4.73. The zero-order chi connectivity index (χ0) is 20.9. The minimum absolute atomic E-state index is 0.791. The first kappa shape index (κ1) is 19.9. The van der Waals surface area contributed by atoms with Crippen LogP contribution in [0.1, 0.15) is 18.3 Å². The third-order valence-electron chi connectivity index (χ3n) is 5.01. The molecule has 0 saturated heterocycles. The first-order chi connectivity index (χ1) is 14.6. The molecule has 2 heterocycles. The Morgan fingerprint density at radius 1 is 0.967 bits per heavy atom. The highest BCUT2D eigenvalue weighted by Gasteiger charge is 2.14. The Labute approximate surface area is 177 Å². The van der Waals surface area contributed by atoms with Crippen LogP contribution in [0.3, 0.4) is 0 Å². The van der Waals surface area contributed by atoms with Gasteiger partial charge in [-0.1, -0.05) is 18.2 Å². The number of benzene rings is 2. The summed E-state index contributed by atoms with van der Waals surface area (Å²) in [5.74, 6) is 2.72. The lowest BCUT2D eigenvalue weighted by atomic mass is 10.1. The van der Waals surface area contributed by atoms with Gasteiger partial charge in [0.2, 0.25) is 0 Å². The molecule has 0 radical (unpaired) electrons. The molecule has 0 amide bonds. The number of ether oxygens (including phenoxy) is 1. The highest BCUT2D eigenvalue weighted by molar-refractivity contribution is 5.63. The van der Waals surface area contributed by atoms with Crippen molar-refractivity contribution in [2.45, 2.75) is 26.6 Å². The Bertz CT molecular complexity index is 1080. The maximum Gasteiger partial charge on any atom is 0.127 e. The van der Waals surface area contributed by atoms with Crippen molar-refractivity contribution in [1.82, 2.24) is 24.2 Å². The van der Waals surface area contributed by atoms with Gasteiger partial charge in [-0.15, -0.1) is 0 Å². The molecule has 4 aromatic rings. The van der Waals surface area contributed by atoms with Crippen LogP contribution in [-0.4, -0.2) is 31.3 Å². The molecule has 2 aromatic carbocycles. The number of aromatic nitrogens is 4. The van der Waals surface area contributed by atoms with Crippen LogP contribution >= 0.6 is 0 Å². The lowest BCUT2D eigenvalue weighted by Gasteiger charge is -2.17. The number of nitrogens with zero attached hydrogens (tertiary/aromatic N) is 5. The van der Waals surface area contributed by atoms with E-state index < -0.39 is 0 Å². The monoisotopic (exact) mass is 401 g/mol. The van der Waals surface area contributed by atoms with Gasteiger partial charge in [0, 0.05) is 49.9 Å². The van der Waals surface area contributed by atoms with Gasteiger partial charge in [0.15, 0.2) is 0 Å². The number of rotatable bonds is 8. The van der Waals surface area contributed by atoms with Crippen molar-refractivity contribution >= 4 is 0 Å². The van der Waals surface area contributed by atoms with E-state index in [1.54, 1.807) is 0 Å². The molecule has 0 unspecified atom stereocenters. The lowest BCUT2D eigenvalue weighted by Crippen LogP contribution is -2.20. The molecule has 0 atom stereocenters. The summed E-state index contributed by atoms with van der Waals surface area (Å²) in [5, 5.41) is 4.71. The van der Waals surface area contributed by atoms with Crippen molar-refractivity contribution in [3.63, 3.8) is 0 Å². The Morgan fingerprint density at radius 3 is 2.43 bits per heavy atom. The summed E-state index contributed by atoms with van der Waals surface area (Å²) < 4.78 is 9.95. The van der Waals surface area contributed by atoms with Crippen LogP contribution in [0.4, 0.5) is 0 Å². The van der Waals surface area contributed by atoms with Crippen molar-refractivity contribution in [3.8, 4) is 22.8 Å². The van der Waals surface area contributed by atoms with E-state index in [0.29, 0.717) is 0 Å². The lowest BCUT2D eigenvalue weighted by molar-refractivity contribution is 0.306. The molecule has 0 bridgehead atoms. The normalized spacial score (nSPS) is 11.2. The average Bonchev–Trinajstić information content (AvgIpc) is 3.35. The van der Waals surface area contributed by atoms with Crippen molar-refractivity contribution in [2.24, 2.45) is 7.05 Å². The van der Waals surface area contributed by atoms with Crippen LogP contribution < -0.4 is 4.74 Å². The standard InChI is InChI=1S/C24H27N5O/c1-4-29-15-14-25-23(29)18-27(2)16-20-17-28(3)26-24(20)19-10-12-22(13-11-19)30-21-8-6-5-7-9-21/h5-15,17H,4,16,18H2,1-3H3. The van der Waals surface area contributed by atoms with Crippen molar-refractivity contribution in [2.75, 3.05) is 7.05 Å². The predicted molar refractivity (Wildman–Crippen MR) is 118 cm³/mol. The van der Waals surface area contributed by atoms with E-state index in [1.165, 1.54) is 5.56 Å². The Kier molecular flexibility index (Phi) is 5.95. The molecule has 30 heavy (non-hydrogen) atoms. The molecule has 0 aliphatic carbocycles. The SMILES string of the molecule is CCn1ccnc1CN(C)Cc1cn(C)nc1-c1ccc(Oc2ccccc2)cc1. The van der Waals surface area contributed by atoms with Gasteiger partial charge in [0.1, 0.15) is 17.3 Å². The van der Waals surface area contributed by atoms with Gasteiger partial charge >= 0.3 is 0 Å². The summed E-state index contributed by atoms with van der Waals surface area (Å²) in [7, 11) is 4.08. The molecule has 0 saturated carbocycles. The summed E-state index contributed by atoms with van der Waals surface area (Å²) in [6.07, 6.45) is 5.98. The van der Waals surface area contributed by atoms with Gasteiger partial charge in [0.25, 0.3) is 0 Å². The Morgan fingerprint density at radius 2 is 1.70 bits per heavy atom. The summed E-state index contributed by atoms with van der Waals surface area (Å²) in [6.45, 7) is 4.65. The maximum absolute atomic E-state index is 5.91. The second-order valence-electron chi connectivity index (χ2n) is 7.42. The van der Waals surface area contributed by atoms with E-state index in [1.807, 2.05) is 66.6 Å². The highest BCUT2D eigenvalue weighted by atomic mass is 16.5. The molecule has 154 valence electrons. The number of aryl methyl sites for hydroxylation is 2. The van der Waals surface area contributed by atoms with Gasteiger partial charge < -0.3 is 9.30 Å². The molecule has 6 heteroatoms. The van der Waals surface area contributed by atoms with E-state index in [2.05, 4.69) is 46.8 Å². The molecule has 0 N–H and O–H groups in total. The molecule has 0 aliphatic heterocycles. The van der Waals surface area contributed by atoms with Crippen LogP contribution in [0.2, 0.25) is 0 Å². The van der Waals surface area contributed by atoms with E-state index in [-0.39, 0.29) is 0 Å². The Balaban J connectivity index is 1.48. The fourth-order valence-electron chi connectivity index (χ4n) is 3.57. The number of imidazole rings is 1. The zero-order valence-electron chi connectivity index (χ0n) is 17.7. The second kappa shape index (κ2) is 8.97. The number of hydrogen-bond acceptors (Lipinski definition) is 4. The van der Waals surface area contributed by atoms with Crippen LogP contribution in [-0.2, 0) is 26.7 Å². The third kappa shape index (κ3) is 4.60. The largest absolute Gasteiger partial charge is 0.457 e. The minimum Gasteiger partial charge on any atom is -0.457 e. The third-order valence-corrected chi connectivity index (χ3v) is 5.01. The first-order valence-electron chi connectivity index (χ1n) is 10.2. The molecule has 0 aliphatic rings. The van der Waals surface area contributed by atoms with Crippen LogP contribution in [0, 0.1) is 0 Å². The molecular weight excluding hydrogens is 374 g/mol. The summed E-state index contributed by atoms with van der Waals surface area (Å²) in [4.78, 5) is 6.75. The van der Waals surface area contributed by atoms with E-state index >= 15 is 0 Å². The van der Waals surface area contributed by atoms with E-state index in [4.69, 9.17) is 9.84 Å². The number of para-hydroxylation sites is 1. The minimum atomic E-state index is 0.791. The maximum atomic E-state index is 5.91. The van der Waals surface area contributed by atoms with Crippen LogP contribution in [0.25, 0.3) is 11.3 Å². The summed E-state index contributed by atoms with van der Waals surface area (Å²) >= 11 is 0. The Hall–Kier alpha value is -3.38. The van der Waals surface area contributed by atoms with Gasteiger partial charge in [0.05, 0.1) is 12.2 Å². The average molecular weight is 402 g/mol. The molecule has 0 fully saturated rings. The van der Waals surface area contributed by atoms with Gasteiger partial charge in [-0.25, -0.2) is 4.98 Å². The van der Waals surface area contributed by atoms with E-state index in [9.17, 15) is 0 Å². The molecule has 4 rings (SSSR count). The highest BCUT2D eigenvalue weighted by Crippen LogP contribution is 2.27. The van der Waals surface area contributed by atoms with Crippen LogP contribution in [0.15, 0.2) is 73.2 Å². The topological polar surface area (TPSA) is 48.1 Å². The fraction of sp³-hybridized carbons (Fsp3) is 0.250. The summed E-state index contributed by atoms with van der Waals surface area (Å²) in [5.41, 5.74) is 3.26. The molecule has 2 aromatic heterocycles. The van der Waals surface area contributed by atoms with Crippen LogP contribution in [0.5, 0.6) is 11.5 Å². The van der Waals surface area contributed by atoms with Gasteiger partial charge in [-0.2, -0.15) is 5.10 Å². The fourth-order valence-corrected chi connectivity index (χ4v) is 3.57.